The fourth-order valence-corrected chi connectivity index (χ4v) is 5.03. The number of aryl methyl sites for hydroxylation is 1. The Balaban J connectivity index is 1.54. The van der Waals surface area contributed by atoms with Gasteiger partial charge in [-0.3, -0.25) is 9.59 Å². The minimum Gasteiger partial charge on any atom is -0.468 e. The second-order valence-corrected chi connectivity index (χ2v) is 9.91. The van der Waals surface area contributed by atoms with E-state index in [1.165, 1.54) is 18.0 Å². The van der Waals surface area contributed by atoms with Crippen molar-refractivity contribution in [2.45, 2.75) is 26.7 Å². The van der Waals surface area contributed by atoms with Crippen molar-refractivity contribution in [3.8, 4) is 6.07 Å². The van der Waals surface area contributed by atoms with E-state index in [-0.39, 0.29) is 23.8 Å². The van der Waals surface area contributed by atoms with Crippen molar-refractivity contribution < 1.29 is 23.5 Å². The maximum absolute atomic E-state index is 13.5. The normalized spacial score (nSPS) is 14.7. The first-order valence-corrected chi connectivity index (χ1v) is 13.5. The molecule has 0 bridgehead atoms. The molecule has 0 saturated heterocycles. The van der Waals surface area contributed by atoms with Gasteiger partial charge in [0.05, 0.1) is 52.3 Å². The van der Waals surface area contributed by atoms with E-state index in [1.54, 1.807) is 50.2 Å². The molecule has 1 atom stereocenters. The number of furan rings is 1. The van der Waals surface area contributed by atoms with Gasteiger partial charge in [0.25, 0.3) is 5.91 Å². The molecule has 9 nitrogen and oxygen atoms in total. The number of hydrogen-bond donors (Lipinski definition) is 3. The van der Waals surface area contributed by atoms with Gasteiger partial charge in [-0.1, -0.05) is 29.5 Å². The van der Waals surface area contributed by atoms with E-state index < -0.39 is 17.8 Å². The van der Waals surface area contributed by atoms with Gasteiger partial charge in [0.1, 0.15) is 5.76 Å². The number of carbonyl (C=O) groups excluding carboxylic acids is 3. The van der Waals surface area contributed by atoms with Crippen LogP contribution in [0.25, 0.3) is 0 Å². The van der Waals surface area contributed by atoms with Gasteiger partial charge in [-0.25, -0.2) is 4.79 Å². The van der Waals surface area contributed by atoms with Crippen molar-refractivity contribution >= 4 is 40.9 Å². The van der Waals surface area contributed by atoms with E-state index in [9.17, 15) is 19.6 Å². The SMILES string of the molecule is CCOC(=O)c1ccc(NC(=O)C2=C(C)NC(SCC(=O)Nc3ccc(C)cc3)=C(C#N)C2c2ccco2)cc1. The lowest BCUT2D eigenvalue weighted by Crippen LogP contribution is -2.31. The van der Waals surface area contributed by atoms with Crippen LogP contribution in [0.4, 0.5) is 11.4 Å². The predicted molar refractivity (Wildman–Crippen MR) is 153 cm³/mol. The van der Waals surface area contributed by atoms with E-state index in [0.717, 1.165) is 5.56 Å². The van der Waals surface area contributed by atoms with Crippen molar-refractivity contribution in [2.75, 3.05) is 23.0 Å². The largest absolute Gasteiger partial charge is 0.468 e. The summed E-state index contributed by atoms with van der Waals surface area (Å²) >= 11 is 1.17. The van der Waals surface area contributed by atoms with Crippen LogP contribution in [0.1, 0.15) is 41.4 Å². The van der Waals surface area contributed by atoms with Crippen LogP contribution in [0.3, 0.4) is 0 Å². The molecule has 10 heteroatoms. The van der Waals surface area contributed by atoms with Gasteiger partial charge in [-0.2, -0.15) is 5.26 Å². The average Bonchev–Trinajstić information content (AvgIpc) is 3.48. The molecule has 3 N–H and O–H groups in total. The number of nitrogens with zero attached hydrogens (tertiary/aromatic N) is 1. The molecule has 1 aliphatic heterocycles. The number of nitrogens with one attached hydrogen (secondary N) is 3. The molecule has 0 saturated carbocycles. The summed E-state index contributed by atoms with van der Waals surface area (Å²) in [7, 11) is 0. The lowest BCUT2D eigenvalue weighted by Gasteiger charge is -2.28. The van der Waals surface area contributed by atoms with Crippen LogP contribution in [0.2, 0.25) is 0 Å². The maximum Gasteiger partial charge on any atom is 0.338 e. The summed E-state index contributed by atoms with van der Waals surface area (Å²) in [6.45, 7) is 5.69. The summed E-state index contributed by atoms with van der Waals surface area (Å²) in [5.74, 6) is -1.44. The molecule has 0 fully saturated rings. The first-order chi connectivity index (χ1) is 19.3. The van der Waals surface area contributed by atoms with E-state index in [4.69, 9.17) is 9.15 Å². The standard InChI is InChI=1S/C30H28N4O5S/c1-4-38-30(37)20-9-13-22(14-10-20)34-28(36)26-19(3)32-29(23(16-31)27(26)24-6-5-15-39-24)40-17-25(35)33-21-11-7-18(2)8-12-21/h5-15,27,32H,4,17H2,1-3H3,(H,33,35)(H,34,36). The van der Waals surface area contributed by atoms with Crippen molar-refractivity contribution in [2.24, 2.45) is 0 Å². The Labute approximate surface area is 236 Å². The Kier molecular flexibility index (Phi) is 9.09. The van der Waals surface area contributed by atoms with Gasteiger partial charge in [0.15, 0.2) is 0 Å². The van der Waals surface area contributed by atoms with Crippen molar-refractivity contribution in [1.82, 2.24) is 5.32 Å². The zero-order valence-electron chi connectivity index (χ0n) is 22.2. The van der Waals surface area contributed by atoms with Crippen molar-refractivity contribution in [1.29, 1.82) is 5.26 Å². The summed E-state index contributed by atoms with van der Waals surface area (Å²) in [6, 6.07) is 19.4. The predicted octanol–water partition coefficient (Wildman–Crippen LogP) is 5.47. The third-order valence-corrected chi connectivity index (χ3v) is 7.07. The molecule has 2 heterocycles. The number of ether oxygens (including phenoxy) is 1. The number of rotatable bonds is 9. The molecule has 0 aliphatic carbocycles. The molecular weight excluding hydrogens is 528 g/mol. The van der Waals surface area contributed by atoms with E-state index in [0.29, 0.717) is 39.0 Å². The number of dihydropyridines is 1. The molecule has 2 aromatic carbocycles. The monoisotopic (exact) mass is 556 g/mol. The van der Waals surface area contributed by atoms with Crippen LogP contribution in [0.5, 0.6) is 0 Å². The number of allylic oxidation sites excluding steroid dienone is 2. The zero-order valence-corrected chi connectivity index (χ0v) is 23.1. The molecule has 3 aromatic rings. The lowest BCUT2D eigenvalue weighted by molar-refractivity contribution is -0.114. The molecule has 4 rings (SSSR count). The highest BCUT2D eigenvalue weighted by Crippen LogP contribution is 2.41. The highest BCUT2D eigenvalue weighted by Gasteiger charge is 2.36. The van der Waals surface area contributed by atoms with Crippen LogP contribution < -0.4 is 16.0 Å². The van der Waals surface area contributed by atoms with E-state index in [2.05, 4.69) is 22.0 Å². The first kappa shape index (κ1) is 28.3. The number of nitriles is 1. The Morgan fingerprint density at radius 1 is 1.02 bits per heavy atom. The van der Waals surface area contributed by atoms with Crippen LogP contribution in [-0.4, -0.2) is 30.1 Å². The molecule has 1 aliphatic rings. The first-order valence-electron chi connectivity index (χ1n) is 12.5. The number of esters is 1. The lowest BCUT2D eigenvalue weighted by atomic mass is 9.85. The molecule has 1 aromatic heterocycles. The second kappa shape index (κ2) is 12.9. The highest BCUT2D eigenvalue weighted by molar-refractivity contribution is 8.03. The minimum absolute atomic E-state index is 0.0495. The van der Waals surface area contributed by atoms with E-state index in [1.807, 2.05) is 31.2 Å². The fraction of sp³-hybridized carbons (Fsp3) is 0.200. The number of amides is 2. The number of hydrogen-bond acceptors (Lipinski definition) is 8. The van der Waals surface area contributed by atoms with Crippen molar-refractivity contribution in [3.63, 3.8) is 0 Å². The topological polar surface area (TPSA) is 133 Å². The number of carbonyl (C=O) groups is 3. The van der Waals surface area contributed by atoms with Crippen molar-refractivity contribution in [3.05, 3.63) is 106 Å². The molecule has 0 spiro atoms. The molecule has 0 radical (unpaired) electrons. The second-order valence-electron chi connectivity index (χ2n) is 8.92. The zero-order chi connectivity index (χ0) is 28.6. The van der Waals surface area contributed by atoms with Gasteiger partial charge in [0.2, 0.25) is 5.91 Å². The van der Waals surface area contributed by atoms with Gasteiger partial charge >= 0.3 is 5.97 Å². The van der Waals surface area contributed by atoms with Crippen LogP contribution in [-0.2, 0) is 14.3 Å². The molecular formula is C30H28N4O5S. The Morgan fingerprint density at radius 2 is 1.70 bits per heavy atom. The van der Waals surface area contributed by atoms with E-state index >= 15 is 0 Å². The number of benzene rings is 2. The van der Waals surface area contributed by atoms with Crippen LogP contribution >= 0.6 is 11.8 Å². The van der Waals surface area contributed by atoms with Gasteiger partial charge in [-0.15, -0.1) is 0 Å². The average molecular weight is 557 g/mol. The van der Waals surface area contributed by atoms with Gasteiger partial charge in [0, 0.05) is 17.1 Å². The van der Waals surface area contributed by atoms with Crippen LogP contribution in [0.15, 0.2) is 93.2 Å². The minimum atomic E-state index is -0.789. The molecule has 1 unspecified atom stereocenters. The fourth-order valence-electron chi connectivity index (χ4n) is 4.14. The van der Waals surface area contributed by atoms with Gasteiger partial charge in [-0.05, 0) is 69.3 Å². The maximum atomic E-state index is 13.5. The number of anilines is 2. The van der Waals surface area contributed by atoms with Gasteiger partial charge < -0.3 is 25.1 Å². The Morgan fingerprint density at radius 3 is 2.33 bits per heavy atom. The third-order valence-electron chi connectivity index (χ3n) is 6.06. The quantitative estimate of drug-likeness (QED) is 0.296. The summed E-state index contributed by atoms with van der Waals surface area (Å²) in [6.07, 6.45) is 1.48. The van der Waals surface area contributed by atoms with Crippen LogP contribution in [0, 0.1) is 18.3 Å². The Hall–Kier alpha value is -4.75. The third kappa shape index (κ3) is 6.62. The highest BCUT2D eigenvalue weighted by atomic mass is 32.2. The Bertz CT molecular complexity index is 1500. The smallest absolute Gasteiger partial charge is 0.338 e. The summed E-state index contributed by atoms with van der Waals surface area (Å²) in [4.78, 5) is 38.1. The summed E-state index contributed by atoms with van der Waals surface area (Å²) in [5.41, 5.74) is 3.68. The molecule has 40 heavy (non-hydrogen) atoms. The molecule has 2 amide bonds. The summed E-state index contributed by atoms with van der Waals surface area (Å²) < 4.78 is 10.6. The number of thioether (sulfide) groups is 1. The molecule has 204 valence electrons. The summed E-state index contributed by atoms with van der Waals surface area (Å²) in [5, 5.41) is 19.5.